The Bertz CT molecular complexity index is 1590. The third kappa shape index (κ3) is 5.91. The summed E-state index contributed by atoms with van der Waals surface area (Å²) < 4.78 is 66.2. The molecule has 7 nitrogen and oxygen atoms in total. The largest absolute Gasteiger partial charge is 0.417 e. The summed E-state index contributed by atoms with van der Waals surface area (Å²) in [5.74, 6) is -0.690. The molecule has 2 aliphatic rings. The van der Waals surface area contributed by atoms with Crippen LogP contribution in [0.4, 0.5) is 23.4 Å². The molecule has 0 radical (unpaired) electrons. The van der Waals surface area contributed by atoms with Gasteiger partial charge < -0.3 is 14.5 Å². The molecule has 1 fully saturated rings. The van der Waals surface area contributed by atoms with Gasteiger partial charge in [0.1, 0.15) is 11.6 Å². The maximum absolute atomic E-state index is 15.2. The Hall–Kier alpha value is -3.38. The smallest absolute Gasteiger partial charge is 0.383 e. The van der Waals surface area contributed by atoms with Crippen LogP contribution in [0, 0.1) is 12.7 Å². The highest BCUT2D eigenvalue weighted by atomic mass is 32.2. The number of anilines is 1. The first-order valence-corrected chi connectivity index (χ1v) is 15.1. The van der Waals surface area contributed by atoms with Crippen LogP contribution in [0.15, 0.2) is 46.6 Å². The summed E-state index contributed by atoms with van der Waals surface area (Å²) in [6, 6.07) is 3.90. The van der Waals surface area contributed by atoms with Gasteiger partial charge in [0.15, 0.2) is 0 Å². The summed E-state index contributed by atoms with van der Waals surface area (Å²) in [5, 5.41) is 0.139. The number of benzene rings is 2. The molecule has 2 aromatic carbocycles. The molecule has 0 spiro atoms. The molecule has 3 unspecified atom stereocenters. The van der Waals surface area contributed by atoms with Crippen LogP contribution < -0.4 is 10.6 Å². The zero-order chi connectivity index (χ0) is 31.8. The van der Waals surface area contributed by atoms with Gasteiger partial charge in [-0.25, -0.2) is 9.18 Å². The minimum Gasteiger partial charge on any atom is -0.383 e. The lowest BCUT2D eigenvalue weighted by Gasteiger charge is -2.45. The highest BCUT2D eigenvalue weighted by molar-refractivity contribution is 7.99. The van der Waals surface area contributed by atoms with E-state index in [0.717, 1.165) is 23.9 Å². The standard InChI is InChI=1S/C29H30F4N4O3S.C2H6/c1-6-23(38)36-16(3)11-35(12-17(36)4)27-20-10-21(29(31,32)33)24(19-9-15(2)7-8-22(19)30)26-25(20)37(28(39)34-27)18(13-40-5)14-41-26;1-2/h6-10,16-18H,1,11-14H2,2-5H3;1-2H3. The van der Waals surface area contributed by atoms with Crippen molar-refractivity contribution in [2.75, 3.05) is 37.5 Å². The van der Waals surface area contributed by atoms with Crippen molar-refractivity contribution in [2.45, 2.75) is 63.8 Å². The number of carbonyl (C=O) groups excluding carboxylic acids is 1. The number of nitrogens with zero attached hydrogens (tertiary/aromatic N) is 4. The molecular weight excluding hydrogens is 584 g/mol. The van der Waals surface area contributed by atoms with Crippen molar-refractivity contribution in [2.24, 2.45) is 0 Å². The fraction of sp³-hybridized carbons (Fsp3) is 0.452. The van der Waals surface area contributed by atoms with E-state index >= 15 is 4.39 Å². The lowest BCUT2D eigenvalue weighted by Crippen LogP contribution is -2.58. The van der Waals surface area contributed by atoms with Gasteiger partial charge >= 0.3 is 11.9 Å². The SMILES string of the molecule is C=CC(=O)N1C(C)CN(c2nc(=O)n3c4c(c(-c5cc(C)ccc5F)c(C(F)(F)F)cc24)SCC3COC)CC1C.CC. The third-order valence-electron chi connectivity index (χ3n) is 7.63. The molecule has 3 aromatic rings. The average Bonchev–Trinajstić information content (AvgIpc) is 2.96. The molecule has 1 amide bonds. The molecule has 5 rings (SSSR count). The van der Waals surface area contributed by atoms with E-state index in [1.807, 2.05) is 27.7 Å². The zero-order valence-corrected chi connectivity index (χ0v) is 25.9. The molecule has 43 heavy (non-hydrogen) atoms. The highest BCUT2D eigenvalue weighted by Crippen LogP contribution is 2.50. The lowest BCUT2D eigenvalue weighted by molar-refractivity contribution is -0.137. The van der Waals surface area contributed by atoms with Crippen molar-refractivity contribution in [3.05, 3.63) is 64.3 Å². The summed E-state index contributed by atoms with van der Waals surface area (Å²) in [6.45, 7) is 13.5. The van der Waals surface area contributed by atoms with Crippen molar-refractivity contribution in [1.82, 2.24) is 14.5 Å². The number of alkyl halides is 3. The number of methoxy groups -OCH3 is 1. The predicted molar refractivity (Wildman–Crippen MR) is 162 cm³/mol. The van der Waals surface area contributed by atoms with Crippen molar-refractivity contribution in [3.63, 3.8) is 0 Å². The van der Waals surface area contributed by atoms with Crippen LogP contribution in [0.1, 0.15) is 44.9 Å². The second kappa shape index (κ2) is 12.7. The van der Waals surface area contributed by atoms with Gasteiger partial charge in [-0.1, -0.05) is 32.1 Å². The predicted octanol–water partition coefficient (Wildman–Crippen LogP) is 6.46. The van der Waals surface area contributed by atoms with Crippen LogP contribution in [-0.4, -0.2) is 65.0 Å². The van der Waals surface area contributed by atoms with Gasteiger partial charge in [0.05, 0.1) is 23.7 Å². The van der Waals surface area contributed by atoms with E-state index in [4.69, 9.17) is 4.74 Å². The molecule has 3 heterocycles. The number of hydrogen-bond acceptors (Lipinski definition) is 6. The van der Waals surface area contributed by atoms with Gasteiger partial charge in [-0.15, -0.1) is 11.8 Å². The molecule has 12 heteroatoms. The summed E-state index contributed by atoms with van der Waals surface area (Å²) >= 11 is 1.15. The minimum atomic E-state index is -4.83. The Labute approximate surface area is 252 Å². The number of halogens is 4. The minimum absolute atomic E-state index is 0.104. The summed E-state index contributed by atoms with van der Waals surface area (Å²) in [7, 11) is 1.48. The van der Waals surface area contributed by atoms with Crippen LogP contribution in [0.3, 0.4) is 0 Å². The summed E-state index contributed by atoms with van der Waals surface area (Å²) in [5.41, 5.74) is -1.23. The Balaban J connectivity index is 0.00000207. The van der Waals surface area contributed by atoms with Crippen LogP contribution in [0.5, 0.6) is 0 Å². The fourth-order valence-electron chi connectivity index (χ4n) is 6.00. The van der Waals surface area contributed by atoms with Gasteiger partial charge in [-0.05, 0) is 45.0 Å². The lowest BCUT2D eigenvalue weighted by atomic mass is 9.94. The van der Waals surface area contributed by atoms with Crippen LogP contribution in [0.25, 0.3) is 22.0 Å². The molecule has 3 atom stereocenters. The number of rotatable bonds is 5. The van der Waals surface area contributed by atoms with Gasteiger partial charge in [0, 0.05) is 59.4 Å². The van der Waals surface area contributed by atoms with Gasteiger partial charge in [0.25, 0.3) is 0 Å². The van der Waals surface area contributed by atoms with E-state index in [0.29, 0.717) is 5.56 Å². The molecule has 0 N–H and O–H groups in total. The molecule has 1 aromatic heterocycles. The van der Waals surface area contributed by atoms with E-state index < -0.39 is 29.3 Å². The molecule has 1 saturated heterocycles. The van der Waals surface area contributed by atoms with E-state index in [9.17, 15) is 22.8 Å². The van der Waals surface area contributed by atoms with Crippen LogP contribution in [0.2, 0.25) is 0 Å². The first kappa shape index (κ1) is 32.5. The monoisotopic (exact) mass is 620 g/mol. The number of piperazine rings is 1. The summed E-state index contributed by atoms with van der Waals surface area (Å²) in [6.07, 6.45) is -3.60. The topological polar surface area (TPSA) is 67.7 Å². The zero-order valence-electron chi connectivity index (χ0n) is 25.1. The maximum Gasteiger partial charge on any atom is 0.417 e. The number of amides is 1. The molecule has 0 saturated carbocycles. The van der Waals surface area contributed by atoms with Crippen molar-refractivity contribution >= 4 is 34.4 Å². The number of carbonyl (C=O) groups is 1. The molecule has 232 valence electrons. The number of aromatic nitrogens is 2. The molecular formula is C31H36F4N4O3S. The Morgan fingerprint density at radius 2 is 1.84 bits per heavy atom. The number of hydrogen-bond donors (Lipinski definition) is 0. The normalized spacial score (nSPS) is 20.1. The Morgan fingerprint density at radius 1 is 1.19 bits per heavy atom. The van der Waals surface area contributed by atoms with Crippen molar-refractivity contribution in [1.29, 1.82) is 0 Å². The number of aryl methyl sites for hydroxylation is 1. The van der Waals surface area contributed by atoms with Gasteiger partial charge in [-0.3, -0.25) is 9.36 Å². The third-order valence-corrected chi connectivity index (χ3v) is 8.87. The molecule has 0 aliphatic carbocycles. The first-order chi connectivity index (χ1) is 20.4. The summed E-state index contributed by atoms with van der Waals surface area (Å²) in [4.78, 5) is 34.0. The second-order valence-electron chi connectivity index (χ2n) is 10.6. The Kier molecular flexibility index (Phi) is 9.60. The second-order valence-corrected chi connectivity index (χ2v) is 11.6. The van der Waals surface area contributed by atoms with Gasteiger partial charge in [0.2, 0.25) is 5.91 Å². The number of ether oxygens (including phenoxy) is 1. The fourth-order valence-corrected chi connectivity index (χ4v) is 7.32. The van der Waals surface area contributed by atoms with E-state index in [1.165, 1.54) is 29.9 Å². The number of thioether (sulfide) groups is 1. The molecule has 2 aliphatic heterocycles. The Morgan fingerprint density at radius 3 is 2.42 bits per heavy atom. The van der Waals surface area contributed by atoms with E-state index in [2.05, 4.69) is 11.6 Å². The van der Waals surface area contributed by atoms with E-state index in [-0.39, 0.29) is 76.2 Å². The van der Waals surface area contributed by atoms with E-state index in [1.54, 1.807) is 16.7 Å². The van der Waals surface area contributed by atoms with Gasteiger partial charge in [-0.2, -0.15) is 18.2 Å². The quantitative estimate of drug-likeness (QED) is 0.241. The maximum atomic E-state index is 15.2. The molecule has 0 bridgehead atoms. The highest BCUT2D eigenvalue weighted by Gasteiger charge is 2.41. The first-order valence-electron chi connectivity index (χ1n) is 14.2. The van der Waals surface area contributed by atoms with Crippen molar-refractivity contribution < 1.29 is 27.1 Å². The average molecular weight is 621 g/mol. The van der Waals surface area contributed by atoms with Crippen LogP contribution >= 0.6 is 11.8 Å². The van der Waals surface area contributed by atoms with Crippen LogP contribution in [-0.2, 0) is 15.7 Å². The van der Waals surface area contributed by atoms with Crippen molar-refractivity contribution in [3.8, 4) is 11.1 Å².